The van der Waals surface area contributed by atoms with Gasteiger partial charge in [-0.3, -0.25) is 10.4 Å². The average molecular weight is 284 g/mol. The SMILES string of the molecule is Cc1nc(C(NCc2cccs2)c2ccccc2)n[nH]1. The molecule has 0 spiro atoms. The van der Waals surface area contributed by atoms with Crippen LogP contribution in [-0.2, 0) is 6.54 Å². The Morgan fingerprint density at radius 1 is 1.20 bits per heavy atom. The van der Waals surface area contributed by atoms with E-state index in [9.17, 15) is 0 Å². The van der Waals surface area contributed by atoms with Gasteiger partial charge in [0.2, 0.25) is 0 Å². The van der Waals surface area contributed by atoms with Gasteiger partial charge in [-0.15, -0.1) is 11.3 Å². The van der Waals surface area contributed by atoms with Gasteiger partial charge in [0.25, 0.3) is 0 Å². The Hall–Kier alpha value is -1.98. The second-order valence-electron chi connectivity index (χ2n) is 4.58. The lowest BCUT2D eigenvalue weighted by Crippen LogP contribution is -2.22. The van der Waals surface area contributed by atoms with Gasteiger partial charge in [-0.25, -0.2) is 4.98 Å². The third-order valence-corrected chi connectivity index (χ3v) is 3.94. The lowest BCUT2D eigenvalue weighted by atomic mass is 10.1. The van der Waals surface area contributed by atoms with Crippen LogP contribution in [0.15, 0.2) is 47.8 Å². The van der Waals surface area contributed by atoms with E-state index in [4.69, 9.17) is 0 Å². The zero-order valence-corrected chi connectivity index (χ0v) is 12.0. The third kappa shape index (κ3) is 2.95. The number of hydrogen-bond acceptors (Lipinski definition) is 4. The van der Waals surface area contributed by atoms with Gasteiger partial charge < -0.3 is 0 Å². The van der Waals surface area contributed by atoms with E-state index in [2.05, 4.69) is 50.1 Å². The van der Waals surface area contributed by atoms with Crippen molar-refractivity contribution in [2.75, 3.05) is 0 Å². The molecule has 2 heterocycles. The molecule has 0 aliphatic rings. The van der Waals surface area contributed by atoms with Crippen LogP contribution in [0.5, 0.6) is 0 Å². The van der Waals surface area contributed by atoms with Crippen LogP contribution in [0.4, 0.5) is 0 Å². The number of hydrogen-bond donors (Lipinski definition) is 2. The zero-order valence-electron chi connectivity index (χ0n) is 11.2. The normalized spacial score (nSPS) is 12.4. The van der Waals surface area contributed by atoms with Gasteiger partial charge in [0.05, 0.1) is 6.04 Å². The van der Waals surface area contributed by atoms with Crippen molar-refractivity contribution >= 4 is 11.3 Å². The van der Waals surface area contributed by atoms with Gasteiger partial charge in [-0.05, 0) is 23.9 Å². The first-order chi connectivity index (χ1) is 9.83. The number of rotatable bonds is 5. The number of aromatic amines is 1. The molecule has 0 aliphatic heterocycles. The molecular weight excluding hydrogens is 268 g/mol. The van der Waals surface area contributed by atoms with Crippen LogP contribution < -0.4 is 5.32 Å². The van der Waals surface area contributed by atoms with Crippen molar-refractivity contribution in [1.82, 2.24) is 20.5 Å². The summed E-state index contributed by atoms with van der Waals surface area (Å²) >= 11 is 1.75. The van der Waals surface area contributed by atoms with E-state index in [1.54, 1.807) is 11.3 Å². The molecule has 1 aromatic carbocycles. The molecule has 5 heteroatoms. The number of benzene rings is 1. The van der Waals surface area contributed by atoms with Crippen molar-refractivity contribution in [2.45, 2.75) is 19.5 Å². The number of nitrogens with one attached hydrogen (secondary N) is 2. The van der Waals surface area contributed by atoms with E-state index >= 15 is 0 Å². The molecule has 0 saturated carbocycles. The standard InChI is InChI=1S/C15H16N4S/c1-11-17-15(19-18-11)14(12-6-3-2-4-7-12)16-10-13-8-5-9-20-13/h2-9,14,16H,10H2,1H3,(H,17,18,19). The van der Waals surface area contributed by atoms with Crippen LogP contribution in [0.1, 0.15) is 28.1 Å². The minimum absolute atomic E-state index is 0.00301. The Balaban J connectivity index is 1.84. The van der Waals surface area contributed by atoms with Gasteiger partial charge in [-0.2, -0.15) is 5.10 Å². The lowest BCUT2D eigenvalue weighted by molar-refractivity contribution is 0.581. The first-order valence-corrected chi connectivity index (χ1v) is 7.40. The summed E-state index contributed by atoms with van der Waals surface area (Å²) in [4.78, 5) is 5.77. The average Bonchev–Trinajstić information content (AvgIpc) is 3.12. The van der Waals surface area contributed by atoms with Gasteiger partial charge in [0, 0.05) is 11.4 Å². The van der Waals surface area contributed by atoms with E-state index in [-0.39, 0.29) is 6.04 Å². The molecule has 3 aromatic rings. The summed E-state index contributed by atoms with van der Waals surface area (Å²) in [5.74, 6) is 1.61. The van der Waals surface area contributed by atoms with Crippen molar-refractivity contribution in [1.29, 1.82) is 0 Å². The third-order valence-electron chi connectivity index (χ3n) is 3.07. The van der Waals surface area contributed by atoms with Gasteiger partial charge in [0.1, 0.15) is 5.82 Å². The molecule has 1 unspecified atom stereocenters. The number of aryl methyl sites for hydroxylation is 1. The van der Waals surface area contributed by atoms with Gasteiger partial charge in [0.15, 0.2) is 5.82 Å². The fourth-order valence-corrected chi connectivity index (χ4v) is 2.76. The largest absolute Gasteiger partial charge is 0.299 e. The van der Waals surface area contributed by atoms with Crippen molar-refractivity contribution in [2.24, 2.45) is 0 Å². The Bertz CT molecular complexity index is 646. The highest BCUT2D eigenvalue weighted by Crippen LogP contribution is 2.20. The molecule has 0 fully saturated rings. The quantitative estimate of drug-likeness (QED) is 0.757. The maximum Gasteiger partial charge on any atom is 0.172 e. The predicted molar refractivity (Wildman–Crippen MR) is 80.6 cm³/mol. The monoisotopic (exact) mass is 284 g/mol. The maximum atomic E-state index is 4.46. The molecule has 0 radical (unpaired) electrons. The highest BCUT2D eigenvalue weighted by molar-refractivity contribution is 7.09. The molecule has 0 amide bonds. The first-order valence-electron chi connectivity index (χ1n) is 6.52. The highest BCUT2D eigenvalue weighted by Gasteiger charge is 2.17. The summed E-state index contributed by atoms with van der Waals surface area (Å²) in [6.45, 7) is 2.72. The second-order valence-corrected chi connectivity index (χ2v) is 5.62. The van der Waals surface area contributed by atoms with E-state index in [1.807, 2.05) is 25.1 Å². The molecule has 0 aliphatic carbocycles. The van der Waals surface area contributed by atoms with E-state index in [0.717, 1.165) is 18.2 Å². The summed E-state index contributed by atoms with van der Waals surface area (Å²) in [6.07, 6.45) is 0. The van der Waals surface area contributed by atoms with Crippen molar-refractivity contribution in [3.63, 3.8) is 0 Å². The molecule has 20 heavy (non-hydrogen) atoms. The van der Waals surface area contributed by atoms with Crippen LogP contribution in [0.25, 0.3) is 0 Å². The summed E-state index contributed by atoms with van der Waals surface area (Å²) in [5.41, 5.74) is 1.17. The molecule has 2 aromatic heterocycles. The second kappa shape index (κ2) is 5.98. The Morgan fingerprint density at radius 2 is 2.05 bits per heavy atom. The molecular formula is C15H16N4S. The fraction of sp³-hybridized carbons (Fsp3) is 0.200. The summed E-state index contributed by atoms with van der Waals surface area (Å²) in [6, 6.07) is 14.5. The smallest absolute Gasteiger partial charge is 0.172 e. The number of aromatic nitrogens is 3. The number of thiophene rings is 1. The maximum absolute atomic E-state index is 4.46. The molecule has 1 atom stereocenters. The van der Waals surface area contributed by atoms with Gasteiger partial charge >= 0.3 is 0 Å². The van der Waals surface area contributed by atoms with E-state index in [0.29, 0.717) is 0 Å². The minimum Gasteiger partial charge on any atom is -0.299 e. The fourth-order valence-electron chi connectivity index (χ4n) is 2.11. The van der Waals surface area contributed by atoms with Gasteiger partial charge in [-0.1, -0.05) is 36.4 Å². The first kappa shape index (κ1) is 13.0. The molecule has 0 saturated heterocycles. The predicted octanol–water partition coefficient (Wildman–Crippen LogP) is 3.05. The Morgan fingerprint density at radius 3 is 2.70 bits per heavy atom. The molecule has 3 rings (SSSR count). The lowest BCUT2D eigenvalue weighted by Gasteiger charge is -2.15. The topological polar surface area (TPSA) is 53.6 Å². The van der Waals surface area contributed by atoms with Crippen molar-refractivity contribution in [3.8, 4) is 0 Å². The zero-order chi connectivity index (χ0) is 13.8. The van der Waals surface area contributed by atoms with Crippen LogP contribution in [0.2, 0.25) is 0 Å². The molecule has 0 bridgehead atoms. The highest BCUT2D eigenvalue weighted by atomic mass is 32.1. The Labute approximate surface area is 121 Å². The summed E-state index contributed by atoms with van der Waals surface area (Å²) in [7, 11) is 0. The minimum atomic E-state index is 0.00301. The van der Waals surface area contributed by atoms with Crippen LogP contribution in [0.3, 0.4) is 0 Å². The van der Waals surface area contributed by atoms with Crippen molar-refractivity contribution < 1.29 is 0 Å². The van der Waals surface area contributed by atoms with Crippen molar-refractivity contribution in [3.05, 3.63) is 69.9 Å². The van der Waals surface area contributed by atoms with E-state index < -0.39 is 0 Å². The molecule has 4 nitrogen and oxygen atoms in total. The number of H-pyrrole nitrogens is 1. The Kier molecular flexibility index (Phi) is 3.90. The molecule has 2 N–H and O–H groups in total. The van der Waals surface area contributed by atoms with Crippen LogP contribution >= 0.6 is 11.3 Å². The van der Waals surface area contributed by atoms with Crippen LogP contribution in [-0.4, -0.2) is 15.2 Å². The number of nitrogens with zero attached hydrogens (tertiary/aromatic N) is 2. The van der Waals surface area contributed by atoms with Crippen LogP contribution in [0, 0.1) is 6.92 Å². The molecule has 102 valence electrons. The van der Waals surface area contributed by atoms with E-state index in [1.165, 1.54) is 10.4 Å². The summed E-state index contributed by atoms with van der Waals surface area (Å²) in [5, 5.41) is 12.8. The summed E-state index contributed by atoms with van der Waals surface area (Å²) < 4.78 is 0.